The summed E-state index contributed by atoms with van der Waals surface area (Å²) >= 11 is 0. The van der Waals surface area contributed by atoms with Gasteiger partial charge in [-0.05, 0) is 24.3 Å². The molecule has 0 bridgehead atoms. The number of anilines is 3. The van der Waals surface area contributed by atoms with Crippen LogP contribution in [0.5, 0.6) is 0 Å². The molecule has 142 valence electrons. The molecule has 1 aromatic carbocycles. The predicted molar refractivity (Wildman–Crippen MR) is 99.3 cm³/mol. The highest BCUT2D eigenvalue weighted by Gasteiger charge is 2.13. The van der Waals surface area contributed by atoms with Crippen molar-refractivity contribution in [3.8, 4) is 0 Å². The predicted octanol–water partition coefficient (Wildman–Crippen LogP) is 1.11. The standard InChI is InChI=1S/C17H15FN8O2/c18-12-6-2-1-5-11(12)17(28)26-24-15-13(19)14(21-9-22-15)23-25-16(27)10-4-3-7-20-8-10/h1-9H,19H2,(H,25,27)(H,26,28)(H2,21,22,23,24). The van der Waals surface area contributed by atoms with Crippen molar-refractivity contribution in [3.05, 3.63) is 72.1 Å². The molecule has 0 aliphatic carbocycles. The fourth-order valence-corrected chi connectivity index (χ4v) is 2.11. The van der Waals surface area contributed by atoms with E-state index in [1.54, 1.807) is 18.3 Å². The van der Waals surface area contributed by atoms with Crippen molar-refractivity contribution in [3.63, 3.8) is 0 Å². The van der Waals surface area contributed by atoms with E-state index < -0.39 is 17.6 Å². The summed E-state index contributed by atoms with van der Waals surface area (Å²) in [5.41, 5.74) is 15.9. The lowest BCUT2D eigenvalue weighted by molar-refractivity contribution is 0.0952. The Hall–Kier alpha value is -4.28. The minimum atomic E-state index is -0.712. The summed E-state index contributed by atoms with van der Waals surface area (Å²) < 4.78 is 13.6. The summed E-state index contributed by atoms with van der Waals surface area (Å²) in [5, 5.41) is 0. The summed E-state index contributed by atoms with van der Waals surface area (Å²) in [6.07, 6.45) is 4.10. The van der Waals surface area contributed by atoms with Crippen LogP contribution in [0.25, 0.3) is 0 Å². The van der Waals surface area contributed by atoms with Crippen molar-refractivity contribution >= 4 is 29.1 Å². The number of carbonyl (C=O) groups excluding carboxylic acids is 2. The van der Waals surface area contributed by atoms with E-state index >= 15 is 0 Å². The Morgan fingerprint density at radius 2 is 1.61 bits per heavy atom. The molecular formula is C17H15FN8O2. The van der Waals surface area contributed by atoms with Crippen molar-refractivity contribution in [2.75, 3.05) is 16.6 Å². The van der Waals surface area contributed by atoms with Crippen LogP contribution >= 0.6 is 0 Å². The third-order valence-electron chi connectivity index (χ3n) is 3.51. The Bertz CT molecular complexity index is 999. The largest absolute Gasteiger partial charge is 0.393 e. The number of hydrogen-bond acceptors (Lipinski definition) is 8. The minimum absolute atomic E-state index is 0.0165. The zero-order valence-corrected chi connectivity index (χ0v) is 14.3. The van der Waals surface area contributed by atoms with Crippen LogP contribution in [0.1, 0.15) is 20.7 Å². The van der Waals surface area contributed by atoms with Crippen LogP contribution in [0.2, 0.25) is 0 Å². The van der Waals surface area contributed by atoms with Gasteiger partial charge in [0.05, 0.1) is 11.1 Å². The number of aromatic nitrogens is 3. The molecule has 0 radical (unpaired) electrons. The molecule has 2 aromatic heterocycles. The number of amides is 2. The number of hydrazine groups is 2. The molecule has 2 heterocycles. The van der Waals surface area contributed by atoms with Gasteiger partial charge in [0.2, 0.25) is 0 Å². The van der Waals surface area contributed by atoms with Crippen LogP contribution in [0.3, 0.4) is 0 Å². The fourth-order valence-electron chi connectivity index (χ4n) is 2.11. The summed E-state index contributed by atoms with van der Waals surface area (Å²) in [5.74, 6) is -1.69. The number of nitrogen functional groups attached to an aromatic ring is 1. The average Bonchev–Trinajstić information content (AvgIpc) is 2.72. The first-order valence-electron chi connectivity index (χ1n) is 7.94. The second kappa shape index (κ2) is 8.40. The number of pyridine rings is 1. The summed E-state index contributed by atoms with van der Waals surface area (Å²) in [6.45, 7) is 0. The van der Waals surface area contributed by atoms with Crippen LogP contribution in [-0.4, -0.2) is 26.8 Å². The zero-order chi connectivity index (χ0) is 19.9. The van der Waals surface area contributed by atoms with Gasteiger partial charge in [0.25, 0.3) is 11.8 Å². The maximum atomic E-state index is 13.6. The smallest absolute Gasteiger partial charge is 0.272 e. The number of carbonyl (C=O) groups is 2. The van der Waals surface area contributed by atoms with Gasteiger partial charge in [-0.15, -0.1) is 0 Å². The Morgan fingerprint density at radius 3 is 2.25 bits per heavy atom. The van der Waals surface area contributed by atoms with E-state index in [0.29, 0.717) is 5.56 Å². The molecule has 0 unspecified atom stereocenters. The monoisotopic (exact) mass is 382 g/mol. The Labute approximate surface area is 158 Å². The molecule has 0 spiro atoms. The highest BCUT2D eigenvalue weighted by atomic mass is 19.1. The van der Waals surface area contributed by atoms with Gasteiger partial charge in [-0.2, -0.15) is 0 Å². The van der Waals surface area contributed by atoms with Gasteiger partial charge in [0, 0.05) is 12.4 Å². The van der Waals surface area contributed by atoms with Crippen LogP contribution in [0, 0.1) is 5.82 Å². The van der Waals surface area contributed by atoms with E-state index in [2.05, 4.69) is 36.7 Å². The van der Waals surface area contributed by atoms with Crippen molar-refractivity contribution in [2.45, 2.75) is 0 Å². The number of hydrogen-bond donors (Lipinski definition) is 5. The molecule has 0 aliphatic heterocycles. The molecule has 2 amide bonds. The molecule has 28 heavy (non-hydrogen) atoms. The first-order valence-corrected chi connectivity index (χ1v) is 7.94. The van der Waals surface area contributed by atoms with E-state index in [1.165, 1.54) is 30.5 Å². The molecule has 11 heteroatoms. The third-order valence-corrected chi connectivity index (χ3v) is 3.51. The Kier molecular flexibility index (Phi) is 5.55. The van der Waals surface area contributed by atoms with E-state index in [-0.39, 0.29) is 22.9 Å². The molecular weight excluding hydrogens is 367 g/mol. The number of halogens is 1. The maximum absolute atomic E-state index is 13.6. The van der Waals surface area contributed by atoms with Gasteiger partial charge in [0.1, 0.15) is 17.8 Å². The highest BCUT2D eigenvalue weighted by Crippen LogP contribution is 2.21. The van der Waals surface area contributed by atoms with Crippen LogP contribution in [-0.2, 0) is 0 Å². The Morgan fingerprint density at radius 1 is 0.929 bits per heavy atom. The van der Waals surface area contributed by atoms with Gasteiger partial charge in [0.15, 0.2) is 11.6 Å². The second-order valence-corrected chi connectivity index (χ2v) is 5.36. The van der Waals surface area contributed by atoms with E-state index in [0.717, 1.165) is 6.33 Å². The van der Waals surface area contributed by atoms with Crippen molar-refractivity contribution < 1.29 is 14.0 Å². The Balaban J connectivity index is 1.63. The maximum Gasteiger partial charge on any atom is 0.272 e. The van der Waals surface area contributed by atoms with Crippen molar-refractivity contribution in [1.29, 1.82) is 0 Å². The molecule has 10 nitrogen and oxygen atoms in total. The topological polar surface area (TPSA) is 147 Å². The molecule has 0 fully saturated rings. The molecule has 0 saturated carbocycles. The van der Waals surface area contributed by atoms with Gasteiger partial charge in [-0.3, -0.25) is 36.3 Å². The normalized spacial score (nSPS) is 10.0. The fraction of sp³-hybridized carbons (Fsp3) is 0. The summed E-state index contributed by atoms with van der Waals surface area (Å²) in [6, 6.07) is 8.70. The number of nitrogens with one attached hydrogen (secondary N) is 4. The van der Waals surface area contributed by atoms with Crippen molar-refractivity contribution in [2.24, 2.45) is 0 Å². The van der Waals surface area contributed by atoms with E-state index in [1.807, 2.05) is 0 Å². The highest BCUT2D eigenvalue weighted by molar-refractivity contribution is 5.96. The van der Waals surface area contributed by atoms with Crippen LogP contribution in [0.15, 0.2) is 55.1 Å². The molecule has 3 aromatic rings. The minimum Gasteiger partial charge on any atom is -0.393 e. The van der Waals surface area contributed by atoms with Crippen LogP contribution in [0.4, 0.5) is 21.7 Å². The molecule has 0 aliphatic rings. The lowest BCUT2D eigenvalue weighted by atomic mass is 10.2. The molecule has 3 rings (SSSR count). The summed E-state index contributed by atoms with van der Waals surface area (Å²) in [4.78, 5) is 35.7. The molecule has 6 N–H and O–H groups in total. The first kappa shape index (κ1) is 18.5. The number of benzene rings is 1. The van der Waals surface area contributed by atoms with Crippen molar-refractivity contribution in [1.82, 2.24) is 25.8 Å². The summed E-state index contributed by atoms with van der Waals surface area (Å²) in [7, 11) is 0. The number of nitrogens with zero attached hydrogens (tertiary/aromatic N) is 3. The van der Waals surface area contributed by atoms with Gasteiger partial charge < -0.3 is 5.73 Å². The molecule has 0 saturated heterocycles. The van der Waals surface area contributed by atoms with Gasteiger partial charge in [-0.25, -0.2) is 14.4 Å². The molecule has 0 atom stereocenters. The van der Waals surface area contributed by atoms with Crippen LogP contribution < -0.4 is 27.4 Å². The van der Waals surface area contributed by atoms with E-state index in [4.69, 9.17) is 5.73 Å². The van der Waals surface area contributed by atoms with Gasteiger partial charge in [-0.1, -0.05) is 12.1 Å². The van der Waals surface area contributed by atoms with E-state index in [9.17, 15) is 14.0 Å². The number of rotatable bonds is 6. The lowest BCUT2D eigenvalue weighted by Gasteiger charge is -2.13. The zero-order valence-electron chi connectivity index (χ0n) is 14.3. The SMILES string of the molecule is Nc1c(NNC(=O)c2cccnc2)ncnc1NNC(=O)c1ccccc1F. The second-order valence-electron chi connectivity index (χ2n) is 5.36. The van der Waals surface area contributed by atoms with Gasteiger partial charge >= 0.3 is 0 Å². The average molecular weight is 382 g/mol. The quantitative estimate of drug-likeness (QED) is 0.398. The number of nitrogens with two attached hydrogens (primary N) is 1. The third kappa shape index (κ3) is 4.27. The first-order chi connectivity index (χ1) is 13.6. The lowest BCUT2D eigenvalue weighted by Crippen LogP contribution is -2.32.